The van der Waals surface area contributed by atoms with Gasteiger partial charge >= 0.3 is 0 Å². The Kier molecular flexibility index (Phi) is 4.95. The highest BCUT2D eigenvalue weighted by atomic mass is 35.5. The first kappa shape index (κ1) is 17.3. The van der Waals surface area contributed by atoms with Gasteiger partial charge in [-0.15, -0.1) is 0 Å². The summed E-state index contributed by atoms with van der Waals surface area (Å²) in [6.07, 6.45) is 1.40. The Hall–Kier alpha value is -2.53. The summed E-state index contributed by atoms with van der Waals surface area (Å²) >= 11 is 6.09. The van der Waals surface area contributed by atoms with Crippen molar-refractivity contribution in [3.8, 4) is 5.75 Å². The molecule has 0 fully saturated rings. The summed E-state index contributed by atoms with van der Waals surface area (Å²) in [5.41, 5.74) is 3.50. The van der Waals surface area contributed by atoms with Gasteiger partial charge in [-0.1, -0.05) is 17.7 Å². The van der Waals surface area contributed by atoms with E-state index in [0.29, 0.717) is 23.6 Å². The van der Waals surface area contributed by atoms with Crippen LogP contribution in [0.15, 0.2) is 36.4 Å². The smallest absolute Gasteiger partial charge is 0.228 e. The lowest BCUT2D eigenvalue weighted by Crippen LogP contribution is -2.31. The standard InChI is InChI=1S/C19H19ClN2O3/c1-22-16-6-5-14(11-13(16)4-8-19(22)24)21-18(23)10-12-3-7-17(25-2)15(20)9-12/h3,5-7,9,11H,4,8,10H2,1-2H3,(H,21,23). The first-order chi connectivity index (χ1) is 12.0. The number of amides is 2. The zero-order chi connectivity index (χ0) is 18.0. The molecule has 0 bridgehead atoms. The third-order valence-electron chi connectivity index (χ3n) is 4.29. The molecule has 0 aliphatic carbocycles. The molecule has 1 N–H and O–H groups in total. The number of ether oxygens (including phenoxy) is 1. The van der Waals surface area contributed by atoms with Crippen molar-refractivity contribution in [3.63, 3.8) is 0 Å². The van der Waals surface area contributed by atoms with Crippen LogP contribution in [0, 0.1) is 0 Å². The van der Waals surface area contributed by atoms with Crippen molar-refractivity contribution in [3.05, 3.63) is 52.5 Å². The fourth-order valence-corrected chi connectivity index (χ4v) is 3.23. The third-order valence-corrected chi connectivity index (χ3v) is 4.58. The Morgan fingerprint density at radius 2 is 2.04 bits per heavy atom. The lowest BCUT2D eigenvalue weighted by molar-refractivity contribution is -0.118. The molecule has 2 amide bonds. The molecule has 0 saturated carbocycles. The maximum Gasteiger partial charge on any atom is 0.228 e. The predicted octanol–water partition coefficient (Wildman–Crippen LogP) is 3.44. The molecule has 0 radical (unpaired) electrons. The second-order valence-electron chi connectivity index (χ2n) is 5.99. The summed E-state index contributed by atoms with van der Waals surface area (Å²) in [6, 6.07) is 10.9. The van der Waals surface area contributed by atoms with Gasteiger partial charge in [0.25, 0.3) is 0 Å². The minimum Gasteiger partial charge on any atom is -0.495 e. The molecule has 1 aliphatic rings. The van der Waals surface area contributed by atoms with E-state index < -0.39 is 0 Å². The first-order valence-corrected chi connectivity index (χ1v) is 8.37. The Morgan fingerprint density at radius 1 is 1.24 bits per heavy atom. The molecule has 0 atom stereocenters. The van der Waals surface area contributed by atoms with E-state index in [1.807, 2.05) is 24.3 Å². The molecule has 0 spiro atoms. The summed E-state index contributed by atoms with van der Waals surface area (Å²) in [4.78, 5) is 25.7. The lowest BCUT2D eigenvalue weighted by Gasteiger charge is -2.26. The van der Waals surface area contributed by atoms with Crippen molar-refractivity contribution in [2.75, 3.05) is 24.4 Å². The molecule has 1 heterocycles. The largest absolute Gasteiger partial charge is 0.495 e. The van der Waals surface area contributed by atoms with Crippen molar-refractivity contribution in [2.24, 2.45) is 0 Å². The van der Waals surface area contributed by atoms with E-state index >= 15 is 0 Å². The number of halogens is 1. The van der Waals surface area contributed by atoms with Gasteiger partial charge in [-0.3, -0.25) is 9.59 Å². The van der Waals surface area contributed by atoms with Crippen LogP contribution < -0.4 is 15.0 Å². The van der Waals surface area contributed by atoms with E-state index in [0.717, 1.165) is 22.5 Å². The van der Waals surface area contributed by atoms with E-state index in [4.69, 9.17) is 16.3 Å². The Bertz CT molecular complexity index is 835. The van der Waals surface area contributed by atoms with E-state index in [-0.39, 0.29) is 18.2 Å². The van der Waals surface area contributed by atoms with Gasteiger partial charge < -0.3 is 15.0 Å². The molecule has 1 aliphatic heterocycles. The van der Waals surface area contributed by atoms with Gasteiger partial charge in [0, 0.05) is 24.8 Å². The molecule has 0 unspecified atom stereocenters. The van der Waals surface area contributed by atoms with Crippen LogP contribution >= 0.6 is 11.6 Å². The van der Waals surface area contributed by atoms with Gasteiger partial charge in [-0.05, 0) is 47.9 Å². The molecular weight excluding hydrogens is 340 g/mol. The van der Waals surface area contributed by atoms with E-state index in [2.05, 4.69) is 5.32 Å². The normalized spacial score (nSPS) is 13.4. The van der Waals surface area contributed by atoms with Crippen molar-refractivity contribution >= 4 is 34.8 Å². The summed E-state index contributed by atoms with van der Waals surface area (Å²) in [5.74, 6) is 0.571. The van der Waals surface area contributed by atoms with Crippen LogP contribution in [0.3, 0.4) is 0 Å². The maximum atomic E-state index is 12.3. The Morgan fingerprint density at radius 3 is 2.76 bits per heavy atom. The zero-order valence-electron chi connectivity index (χ0n) is 14.1. The monoisotopic (exact) mass is 358 g/mol. The van der Waals surface area contributed by atoms with Crippen molar-refractivity contribution < 1.29 is 14.3 Å². The van der Waals surface area contributed by atoms with Crippen LogP contribution in [-0.4, -0.2) is 26.0 Å². The predicted molar refractivity (Wildman–Crippen MR) is 98.5 cm³/mol. The Labute approximate surface area is 151 Å². The van der Waals surface area contributed by atoms with Gasteiger partial charge in [-0.2, -0.15) is 0 Å². The van der Waals surface area contributed by atoms with E-state index in [1.165, 1.54) is 0 Å². The number of carbonyl (C=O) groups is 2. The minimum atomic E-state index is -0.124. The number of nitrogens with zero attached hydrogens (tertiary/aromatic N) is 1. The molecule has 0 saturated heterocycles. The van der Waals surface area contributed by atoms with Gasteiger partial charge in [0.1, 0.15) is 5.75 Å². The van der Waals surface area contributed by atoms with Gasteiger partial charge in [-0.25, -0.2) is 0 Å². The zero-order valence-corrected chi connectivity index (χ0v) is 14.9. The number of rotatable bonds is 4. The minimum absolute atomic E-state index is 0.112. The van der Waals surface area contributed by atoms with Crippen LogP contribution in [0.5, 0.6) is 5.75 Å². The molecule has 0 aromatic heterocycles. The van der Waals surface area contributed by atoms with Gasteiger partial charge in [0.15, 0.2) is 0 Å². The summed E-state index contributed by atoms with van der Waals surface area (Å²) in [5, 5.41) is 3.38. The molecule has 5 nitrogen and oxygen atoms in total. The molecule has 2 aromatic rings. The van der Waals surface area contributed by atoms with Crippen LogP contribution in [0.2, 0.25) is 5.02 Å². The number of aryl methyl sites for hydroxylation is 1. The highest BCUT2D eigenvalue weighted by molar-refractivity contribution is 6.32. The second-order valence-corrected chi connectivity index (χ2v) is 6.40. The highest BCUT2D eigenvalue weighted by Gasteiger charge is 2.21. The Balaban J connectivity index is 1.69. The summed E-state index contributed by atoms with van der Waals surface area (Å²) in [7, 11) is 3.32. The average Bonchev–Trinajstić information content (AvgIpc) is 2.58. The van der Waals surface area contributed by atoms with E-state index in [1.54, 1.807) is 31.2 Å². The number of hydrogen-bond donors (Lipinski definition) is 1. The third kappa shape index (κ3) is 3.77. The number of hydrogen-bond acceptors (Lipinski definition) is 3. The highest BCUT2D eigenvalue weighted by Crippen LogP contribution is 2.29. The number of anilines is 2. The van der Waals surface area contributed by atoms with E-state index in [9.17, 15) is 9.59 Å². The van der Waals surface area contributed by atoms with Crippen molar-refractivity contribution in [2.45, 2.75) is 19.3 Å². The van der Waals surface area contributed by atoms with Gasteiger partial charge in [0.05, 0.1) is 18.6 Å². The van der Waals surface area contributed by atoms with Crippen molar-refractivity contribution in [1.29, 1.82) is 0 Å². The first-order valence-electron chi connectivity index (χ1n) is 7.99. The molecule has 2 aromatic carbocycles. The van der Waals surface area contributed by atoms with Crippen LogP contribution in [-0.2, 0) is 22.4 Å². The van der Waals surface area contributed by atoms with Crippen molar-refractivity contribution in [1.82, 2.24) is 0 Å². The SMILES string of the molecule is COc1ccc(CC(=O)Nc2ccc3c(c2)CCC(=O)N3C)cc1Cl. The molecule has 130 valence electrons. The molecule has 6 heteroatoms. The topological polar surface area (TPSA) is 58.6 Å². The van der Waals surface area contributed by atoms with Gasteiger partial charge in [0.2, 0.25) is 11.8 Å². The average molecular weight is 359 g/mol. The van der Waals surface area contributed by atoms with Crippen LogP contribution in [0.25, 0.3) is 0 Å². The van der Waals surface area contributed by atoms with Crippen LogP contribution in [0.1, 0.15) is 17.5 Å². The number of benzene rings is 2. The molecule has 3 rings (SSSR count). The number of methoxy groups -OCH3 is 1. The lowest BCUT2D eigenvalue weighted by atomic mass is 10.0. The number of carbonyl (C=O) groups excluding carboxylic acids is 2. The quantitative estimate of drug-likeness (QED) is 0.910. The summed E-state index contributed by atoms with van der Waals surface area (Å²) < 4.78 is 5.11. The second kappa shape index (κ2) is 7.15. The summed E-state index contributed by atoms with van der Waals surface area (Å²) in [6.45, 7) is 0. The fraction of sp³-hybridized carbons (Fsp3) is 0.263. The number of fused-ring (bicyclic) bond motifs is 1. The fourth-order valence-electron chi connectivity index (χ4n) is 2.94. The van der Waals surface area contributed by atoms with Crippen LogP contribution in [0.4, 0.5) is 11.4 Å². The number of nitrogens with one attached hydrogen (secondary N) is 1. The molecular formula is C19H19ClN2O3. The maximum absolute atomic E-state index is 12.3. The molecule has 25 heavy (non-hydrogen) atoms.